The average Bonchev–Trinajstić information content (AvgIpc) is 3.21. The van der Waals surface area contributed by atoms with Crippen molar-refractivity contribution in [2.75, 3.05) is 0 Å². The van der Waals surface area contributed by atoms with Crippen molar-refractivity contribution < 1.29 is 9.32 Å². The van der Waals surface area contributed by atoms with Crippen LogP contribution in [0.2, 0.25) is 0 Å². The summed E-state index contributed by atoms with van der Waals surface area (Å²) >= 11 is 0. The molecule has 0 fully saturated rings. The average molecular weight is 323 g/mol. The van der Waals surface area contributed by atoms with Gasteiger partial charge in [-0.2, -0.15) is 0 Å². The quantitative estimate of drug-likeness (QED) is 0.796. The van der Waals surface area contributed by atoms with Gasteiger partial charge in [0.05, 0.1) is 5.69 Å². The number of amides is 1. The van der Waals surface area contributed by atoms with Crippen molar-refractivity contribution in [3.05, 3.63) is 53.7 Å². The molecule has 3 heterocycles. The number of aromatic nitrogens is 4. The van der Waals surface area contributed by atoms with Gasteiger partial charge in [0.15, 0.2) is 5.82 Å². The van der Waals surface area contributed by atoms with E-state index in [2.05, 4.69) is 25.2 Å². The maximum atomic E-state index is 12.2. The second kappa shape index (κ2) is 5.92. The van der Waals surface area contributed by atoms with E-state index in [0.717, 1.165) is 30.1 Å². The van der Waals surface area contributed by atoms with Gasteiger partial charge in [0.2, 0.25) is 5.76 Å². The molecule has 7 heteroatoms. The van der Waals surface area contributed by atoms with E-state index in [4.69, 9.17) is 4.52 Å². The number of nitrogens with zero attached hydrogens (tertiary/aromatic N) is 4. The number of carbonyl (C=O) groups excluding carboxylic acids is 1. The molecule has 4 rings (SSSR count). The van der Waals surface area contributed by atoms with Gasteiger partial charge >= 0.3 is 0 Å². The first-order valence-electron chi connectivity index (χ1n) is 7.92. The van der Waals surface area contributed by atoms with Gasteiger partial charge < -0.3 is 14.4 Å². The molecule has 2 aromatic heterocycles. The van der Waals surface area contributed by atoms with E-state index in [1.165, 1.54) is 0 Å². The van der Waals surface area contributed by atoms with Crippen LogP contribution >= 0.6 is 0 Å². The summed E-state index contributed by atoms with van der Waals surface area (Å²) in [6.07, 6.45) is 1.60. The first-order chi connectivity index (χ1) is 11.7. The van der Waals surface area contributed by atoms with Crippen LogP contribution in [0.15, 0.2) is 40.9 Å². The zero-order valence-corrected chi connectivity index (χ0v) is 13.3. The van der Waals surface area contributed by atoms with Gasteiger partial charge in [0.25, 0.3) is 5.91 Å². The molecular formula is C17H17N5O2. The van der Waals surface area contributed by atoms with E-state index in [9.17, 15) is 4.79 Å². The summed E-state index contributed by atoms with van der Waals surface area (Å²) in [5.41, 5.74) is 1.71. The monoisotopic (exact) mass is 323 g/mol. The Labute approximate surface area is 138 Å². The van der Waals surface area contributed by atoms with Crippen LogP contribution in [0.3, 0.4) is 0 Å². The minimum atomic E-state index is -0.238. The van der Waals surface area contributed by atoms with E-state index in [1.54, 1.807) is 13.0 Å². The molecule has 1 aromatic carbocycles. The minimum absolute atomic E-state index is 0.00821. The SMILES string of the molecule is Cc1cc(C(=O)N[C@H]2CCc3nnc(-c4ccccc4)n3C2)on1. The molecule has 1 N–H and O–H groups in total. The van der Waals surface area contributed by atoms with Crippen LogP contribution in [-0.4, -0.2) is 31.9 Å². The van der Waals surface area contributed by atoms with Gasteiger partial charge in [-0.25, -0.2) is 0 Å². The van der Waals surface area contributed by atoms with Gasteiger partial charge in [-0.15, -0.1) is 10.2 Å². The highest BCUT2D eigenvalue weighted by molar-refractivity contribution is 5.91. The lowest BCUT2D eigenvalue weighted by Gasteiger charge is -2.24. The summed E-state index contributed by atoms with van der Waals surface area (Å²) in [6, 6.07) is 11.6. The number of fused-ring (bicyclic) bond motifs is 1. The minimum Gasteiger partial charge on any atom is -0.351 e. The number of aryl methyl sites for hydroxylation is 2. The second-order valence-corrected chi connectivity index (χ2v) is 5.96. The number of nitrogens with one attached hydrogen (secondary N) is 1. The lowest BCUT2D eigenvalue weighted by Crippen LogP contribution is -2.41. The van der Waals surface area contributed by atoms with Crippen LogP contribution in [0.25, 0.3) is 11.4 Å². The summed E-state index contributed by atoms with van der Waals surface area (Å²) in [5, 5.41) is 15.4. The Bertz CT molecular complexity index is 868. The van der Waals surface area contributed by atoms with Crippen molar-refractivity contribution in [3.63, 3.8) is 0 Å². The van der Waals surface area contributed by atoms with Crippen LogP contribution in [-0.2, 0) is 13.0 Å². The highest BCUT2D eigenvalue weighted by Crippen LogP contribution is 2.23. The lowest BCUT2D eigenvalue weighted by atomic mass is 10.1. The summed E-state index contributed by atoms with van der Waals surface area (Å²) in [5.74, 6) is 1.79. The summed E-state index contributed by atoms with van der Waals surface area (Å²) in [6.45, 7) is 2.43. The highest BCUT2D eigenvalue weighted by Gasteiger charge is 2.25. The number of hydrogen-bond donors (Lipinski definition) is 1. The van der Waals surface area contributed by atoms with Crippen molar-refractivity contribution in [2.24, 2.45) is 0 Å². The molecule has 1 atom stereocenters. The first-order valence-corrected chi connectivity index (χ1v) is 7.92. The topological polar surface area (TPSA) is 85.8 Å². The fourth-order valence-electron chi connectivity index (χ4n) is 2.97. The van der Waals surface area contributed by atoms with Crippen LogP contribution in [0, 0.1) is 6.92 Å². The Morgan fingerprint density at radius 3 is 2.88 bits per heavy atom. The van der Waals surface area contributed by atoms with E-state index >= 15 is 0 Å². The molecule has 1 aliphatic rings. The smallest absolute Gasteiger partial charge is 0.290 e. The molecule has 0 bridgehead atoms. The van der Waals surface area contributed by atoms with Crippen molar-refractivity contribution in [3.8, 4) is 11.4 Å². The van der Waals surface area contributed by atoms with Gasteiger partial charge in [0, 0.05) is 30.6 Å². The van der Waals surface area contributed by atoms with Gasteiger partial charge in [-0.1, -0.05) is 35.5 Å². The van der Waals surface area contributed by atoms with Crippen LogP contribution in [0.1, 0.15) is 28.5 Å². The number of benzene rings is 1. The Morgan fingerprint density at radius 2 is 2.12 bits per heavy atom. The maximum absolute atomic E-state index is 12.2. The van der Waals surface area contributed by atoms with Gasteiger partial charge in [-0.3, -0.25) is 4.79 Å². The molecule has 0 aliphatic carbocycles. The normalized spacial score (nSPS) is 16.6. The third-order valence-corrected chi connectivity index (χ3v) is 4.17. The van der Waals surface area contributed by atoms with E-state index in [-0.39, 0.29) is 17.7 Å². The highest BCUT2D eigenvalue weighted by atomic mass is 16.5. The molecule has 122 valence electrons. The first kappa shape index (κ1) is 14.6. The van der Waals surface area contributed by atoms with E-state index in [1.807, 2.05) is 30.3 Å². The zero-order valence-electron chi connectivity index (χ0n) is 13.3. The zero-order chi connectivity index (χ0) is 16.5. The van der Waals surface area contributed by atoms with Crippen molar-refractivity contribution >= 4 is 5.91 Å². The number of carbonyl (C=O) groups is 1. The Hall–Kier alpha value is -2.96. The lowest BCUT2D eigenvalue weighted by molar-refractivity contribution is 0.0890. The molecule has 0 spiro atoms. The molecule has 1 aliphatic heterocycles. The Morgan fingerprint density at radius 1 is 1.29 bits per heavy atom. The molecule has 1 amide bonds. The molecular weight excluding hydrogens is 306 g/mol. The summed E-state index contributed by atoms with van der Waals surface area (Å²) in [4.78, 5) is 12.2. The molecule has 24 heavy (non-hydrogen) atoms. The summed E-state index contributed by atoms with van der Waals surface area (Å²) in [7, 11) is 0. The third kappa shape index (κ3) is 2.68. The predicted octanol–water partition coefficient (Wildman–Crippen LogP) is 1.99. The molecule has 3 aromatic rings. The molecule has 0 saturated carbocycles. The fraction of sp³-hybridized carbons (Fsp3) is 0.294. The van der Waals surface area contributed by atoms with Crippen LogP contribution in [0.4, 0.5) is 0 Å². The van der Waals surface area contributed by atoms with Gasteiger partial charge in [0.1, 0.15) is 5.82 Å². The largest absolute Gasteiger partial charge is 0.351 e. The standard InChI is InChI=1S/C17H17N5O2/c1-11-9-14(24-21-11)17(23)18-13-7-8-15-19-20-16(22(15)10-13)12-5-3-2-4-6-12/h2-6,9,13H,7-8,10H2,1H3,(H,18,23)/t13-/m0/s1. The second-order valence-electron chi connectivity index (χ2n) is 5.96. The number of rotatable bonds is 3. The third-order valence-electron chi connectivity index (χ3n) is 4.17. The Balaban J connectivity index is 1.53. The molecule has 0 radical (unpaired) electrons. The van der Waals surface area contributed by atoms with Crippen molar-refractivity contribution in [1.82, 2.24) is 25.2 Å². The van der Waals surface area contributed by atoms with E-state index < -0.39 is 0 Å². The van der Waals surface area contributed by atoms with Crippen molar-refractivity contribution in [1.29, 1.82) is 0 Å². The summed E-state index contributed by atoms with van der Waals surface area (Å²) < 4.78 is 7.10. The Kier molecular flexibility index (Phi) is 3.60. The number of hydrogen-bond acceptors (Lipinski definition) is 5. The maximum Gasteiger partial charge on any atom is 0.290 e. The van der Waals surface area contributed by atoms with Crippen LogP contribution < -0.4 is 5.32 Å². The van der Waals surface area contributed by atoms with Crippen molar-refractivity contribution in [2.45, 2.75) is 32.4 Å². The molecule has 7 nitrogen and oxygen atoms in total. The molecule has 0 unspecified atom stereocenters. The predicted molar refractivity (Wildman–Crippen MR) is 86.3 cm³/mol. The van der Waals surface area contributed by atoms with Gasteiger partial charge in [-0.05, 0) is 13.3 Å². The van der Waals surface area contributed by atoms with Crippen LogP contribution in [0.5, 0.6) is 0 Å². The molecule has 0 saturated heterocycles. The fourth-order valence-corrected chi connectivity index (χ4v) is 2.97. The van der Waals surface area contributed by atoms with E-state index in [0.29, 0.717) is 12.2 Å².